The number of hydroxylamine groups is 1. The molecule has 1 amide bonds. The van der Waals surface area contributed by atoms with Crippen molar-refractivity contribution in [1.82, 2.24) is 5.48 Å². The highest BCUT2D eigenvalue weighted by molar-refractivity contribution is 5.99. The summed E-state index contributed by atoms with van der Waals surface area (Å²) in [6, 6.07) is 28.1. The first-order chi connectivity index (χ1) is 15.1. The van der Waals surface area contributed by atoms with Crippen LogP contribution < -0.4 is 5.48 Å². The van der Waals surface area contributed by atoms with E-state index in [-0.39, 0.29) is 17.9 Å². The van der Waals surface area contributed by atoms with Crippen LogP contribution in [0.4, 0.5) is 0 Å². The zero-order chi connectivity index (χ0) is 21.8. The number of hydrogen-bond acceptors (Lipinski definition) is 3. The SMILES string of the molecule is CONC(=O)c1ccccc1C1=CC(c2ccccc2)(c2ccccc2)OC1C(C)C. The van der Waals surface area contributed by atoms with Crippen LogP contribution >= 0.6 is 0 Å². The number of carbonyl (C=O) groups excluding carboxylic acids is 1. The molecule has 1 N–H and O–H groups in total. The highest BCUT2D eigenvalue weighted by Crippen LogP contribution is 2.48. The number of benzene rings is 3. The Balaban J connectivity index is 1.94. The lowest BCUT2D eigenvalue weighted by Crippen LogP contribution is -2.30. The van der Waals surface area contributed by atoms with Crippen LogP contribution in [0, 0.1) is 5.92 Å². The smallest absolute Gasteiger partial charge is 0.275 e. The molecule has 1 unspecified atom stereocenters. The van der Waals surface area contributed by atoms with Crippen molar-refractivity contribution >= 4 is 11.5 Å². The van der Waals surface area contributed by atoms with Crippen LogP contribution in [0.2, 0.25) is 0 Å². The van der Waals surface area contributed by atoms with E-state index in [1.54, 1.807) is 0 Å². The number of rotatable bonds is 6. The van der Waals surface area contributed by atoms with Crippen molar-refractivity contribution in [1.29, 1.82) is 0 Å². The van der Waals surface area contributed by atoms with Crippen LogP contribution in [0.1, 0.15) is 40.9 Å². The third-order valence-electron chi connectivity index (χ3n) is 5.67. The van der Waals surface area contributed by atoms with Crippen LogP contribution in [0.25, 0.3) is 5.57 Å². The molecule has 1 aliphatic heterocycles. The van der Waals surface area contributed by atoms with Crippen molar-refractivity contribution in [3.8, 4) is 0 Å². The molecular weight excluding hydrogens is 386 g/mol. The van der Waals surface area contributed by atoms with E-state index in [0.717, 1.165) is 22.3 Å². The van der Waals surface area contributed by atoms with E-state index in [1.807, 2.05) is 60.7 Å². The largest absolute Gasteiger partial charge is 0.353 e. The highest BCUT2D eigenvalue weighted by atomic mass is 16.6. The molecule has 0 radical (unpaired) electrons. The Bertz CT molecular complexity index is 1030. The Morgan fingerprint density at radius 2 is 1.45 bits per heavy atom. The van der Waals surface area contributed by atoms with E-state index in [2.05, 4.69) is 49.7 Å². The summed E-state index contributed by atoms with van der Waals surface area (Å²) in [5.41, 5.74) is 6.23. The Kier molecular flexibility index (Phi) is 6.03. The molecule has 0 bridgehead atoms. The fourth-order valence-corrected chi connectivity index (χ4v) is 4.25. The molecule has 1 heterocycles. The maximum atomic E-state index is 12.7. The van der Waals surface area contributed by atoms with Crippen LogP contribution in [0.15, 0.2) is 91.0 Å². The average molecular weight is 414 g/mol. The molecule has 0 aromatic heterocycles. The summed E-state index contributed by atoms with van der Waals surface area (Å²) in [7, 11) is 1.44. The number of nitrogens with one attached hydrogen (secondary N) is 1. The topological polar surface area (TPSA) is 47.6 Å². The second-order valence-corrected chi connectivity index (χ2v) is 8.03. The van der Waals surface area contributed by atoms with Gasteiger partial charge in [0, 0.05) is 5.56 Å². The van der Waals surface area contributed by atoms with Gasteiger partial charge in [0.2, 0.25) is 0 Å². The average Bonchev–Trinajstić information content (AvgIpc) is 3.23. The summed E-state index contributed by atoms with van der Waals surface area (Å²) >= 11 is 0. The molecule has 4 heteroatoms. The molecule has 31 heavy (non-hydrogen) atoms. The first kappa shape index (κ1) is 21.0. The minimum Gasteiger partial charge on any atom is -0.353 e. The summed E-state index contributed by atoms with van der Waals surface area (Å²) < 4.78 is 6.89. The molecule has 1 aliphatic rings. The number of hydrogen-bond donors (Lipinski definition) is 1. The zero-order valence-corrected chi connectivity index (χ0v) is 18.0. The van der Waals surface area contributed by atoms with Crippen LogP contribution in [-0.4, -0.2) is 19.1 Å². The van der Waals surface area contributed by atoms with E-state index in [4.69, 9.17) is 9.57 Å². The lowest BCUT2D eigenvalue weighted by Gasteiger charge is -2.31. The van der Waals surface area contributed by atoms with E-state index in [1.165, 1.54) is 7.11 Å². The van der Waals surface area contributed by atoms with Gasteiger partial charge < -0.3 is 4.74 Å². The van der Waals surface area contributed by atoms with Gasteiger partial charge >= 0.3 is 0 Å². The molecule has 4 nitrogen and oxygen atoms in total. The molecule has 1 atom stereocenters. The molecule has 158 valence electrons. The molecule has 0 fully saturated rings. The highest BCUT2D eigenvalue weighted by Gasteiger charge is 2.44. The van der Waals surface area contributed by atoms with Crippen LogP contribution in [0.5, 0.6) is 0 Å². The lowest BCUT2D eigenvalue weighted by molar-refractivity contribution is -0.0164. The molecule has 0 saturated heterocycles. The maximum Gasteiger partial charge on any atom is 0.275 e. The van der Waals surface area contributed by atoms with Crippen molar-refractivity contribution in [3.63, 3.8) is 0 Å². The zero-order valence-electron chi connectivity index (χ0n) is 18.0. The first-order valence-corrected chi connectivity index (χ1v) is 10.5. The fourth-order valence-electron chi connectivity index (χ4n) is 4.25. The van der Waals surface area contributed by atoms with Gasteiger partial charge in [-0.2, -0.15) is 0 Å². The summed E-state index contributed by atoms with van der Waals surface area (Å²) in [5.74, 6) is -0.0717. The summed E-state index contributed by atoms with van der Waals surface area (Å²) in [6.45, 7) is 4.28. The van der Waals surface area contributed by atoms with Crippen molar-refractivity contribution in [2.45, 2.75) is 25.6 Å². The summed E-state index contributed by atoms with van der Waals surface area (Å²) in [4.78, 5) is 17.6. The molecule has 0 spiro atoms. The second-order valence-electron chi connectivity index (χ2n) is 8.03. The molecular formula is C27H27NO3. The molecule has 3 aromatic rings. The van der Waals surface area contributed by atoms with Gasteiger partial charge in [-0.3, -0.25) is 9.63 Å². The van der Waals surface area contributed by atoms with Crippen molar-refractivity contribution in [2.75, 3.05) is 7.11 Å². The van der Waals surface area contributed by atoms with E-state index in [0.29, 0.717) is 5.56 Å². The van der Waals surface area contributed by atoms with Crippen LogP contribution in [0.3, 0.4) is 0 Å². The fraction of sp³-hybridized carbons (Fsp3) is 0.222. The van der Waals surface area contributed by atoms with Gasteiger partial charge in [-0.05, 0) is 40.3 Å². The van der Waals surface area contributed by atoms with E-state index < -0.39 is 5.60 Å². The first-order valence-electron chi connectivity index (χ1n) is 10.5. The van der Waals surface area contributed by atoms with Crippen molar-refractivity contribution < 1.29 is 14.4 Å². The van der Waals surface area contributed by atoms with Gasteiger partial charge in [-0.1, -0.05) is 92.7 Å². The van der Waals surface area contributed by atoms with Crippen molar-refractivity contribution in [3.05, 3.63) is 113 Å². The minimum absolute atomic E-state index is 0.183. The molecule has 0 aliphatic carbocycles. The molecule has 0 saturated carbocycles. The van der Waals surface area contributed by atoms with Crippen molar-refractivity contribution in [2.24, 2.45) is 5.92 Å². The summed E-state index contributed by atoms with van der Waals surface area (Å²) in [6.07, 6.45) is 2.00. The second kappa shape index (κ2) is 8.88. The van der Waals surface area contributed by atoms with E-state index >= 15 is 0 Å². The van der Waals surface area contributed by atoms with Crippen LogP contribution in [-0.2, 0) is 15.2 Å². The molecule has 4 rings (SSSR count). The number of carbonyl (C=O) groups is 1. The third-order valence-corrected chi connectivity index (χ3v) is 5.67. The monoisotopic (exact) mass is 413 g/mol. The van der Waals surface area contributed by atoms with Gasteiger partial charge in [0.1, 0.15) is 5.60 Å². The quantitative estimate of drug-likeness (QED) is 0.554. The summed E-state index contributed by atoms with van der Waals surface area (Å²) in [5, 5.41) is 0. The Hall–Kier alpha value is -3.21. The van der Waals surface area contributed by atoms with Gasteiger partial charge in [0.25, 0.3) is 5.91 Å². The lowest BCUT2D eigenvalue weighted by atomic mass is 9.84. The van der Waals surface area contributed by atoms with Gasteiger partial charge in [-0.25, -0.2) is 5.48 Å². The standard InChI is InChI=1S/C27H27NO3/c1-19(2)25-24(22-16-10-11-17-23(22)26(29)28-30-3)18-27(31-25,20-12-6-4-7-13-20)21-14-8-5-9-15-21/h4-19,25H,1-3H3,(H,28,29). The van der Waals surface area contributed by atoms with Gasteiger partial charge in [-0.15, -0.1) is 0 Å². The van der Waals surface area contributed by atoms with E-state index in [9.17, 15) is 4.79 Å². The Morgan fingerprint density at radius 1 is 0.903 bits per heavy atom. The maximum absolute atomic E-state index is 12.7. The predicted octanol–water partition coefficient (Wildman–Crippen LogP) is 5.36. The molecule has 3 aromatic carbocycles. The minimum atomic E-state index is -0.738. The van der Waals surface area contributed by atoms with Gasteiger partial charge in [0.05, 0.1) is 13.2 Å². The Labute approximate surface area is 183 Å². The normalized spacial score (nSPS) is 17.4. The predicted molar refractivity (Wildman–Crippen MR) is 122 cm³/mol. The number of amides is 1. The third kappa shape index (κ3) is 3.92. The Morgan fingerprint density at radius 3 is 2.00 bits per heavy atom. The number of ether oxygens (including phenoxy) is 1. The van der Waals surface area contributed by atoms with Gasteiger partial charge in [0.15, 0.2) is 0 Å².